The van der Waals surface area contributed by atoms with Gasteiger partial charge in [-0.05, 0) is 12.5 Å². The smallest absolute Gasteiger partial charge is 0.315 e. The number of ether oxygens (including phenoxy) is 2. The fraction of sp³-hybridized carbons (Fsp3) is 0.462. The second kappa shape index (κ2) is 6.72. The fourth-order valence-corrected chi connectivity index (χ4v) is 1.59. The molecule has 0 radical (unpaired) electrons. The molecule has 104 valence electrons. The van der Waals surface area contributed by atoms with Gasteiger partial charge in [0.25, 0.3) is 0 Å². The van der Waals surface area contributed by atoms with Crippen molar-refractivity contribution >= 4 is 11.5 Å². The van der Waals surface area contributed by atoms with E-state index in [0.29, 0.717) is 6.61 Å². The number of ketones is 1. The van der Waals surface area contributed by atoms with Gasteiger partial charge in [-0.3, -0.25) is 14.9 Å². The number of methoxy groups -OCH3 is 1. The van der Waals surface area contributed by atoms with Crippen molar-refractivity contribution in [2.75, 3.05) is 13.7 Å². The Morgan fingerprint density at radius 2 is 2.05 bits per heavy atom. The summed E-state index contributed by atoms with van der Waals surface area (Å²) in [7, 11) is 1.39. The molecule has 0 amide bonds. The minimum Gasteiger partial charge on any atom is -0.493 e. The topological polar surface area (TPSA) is 78.7 Å². The lowest BCUT2D eigenvalue weighted by Gasteiger charge is -2.11. The van der Waals surface area contributed by atoms with Gasteiger partial charge in [-0.2, -0.15) is 0 Å². The normalized spacial score (nSPS) is 10.1. The van der Waals surface area contributed by atoms with E-state index >= 15 is 0 Å². The SMILES string of the molecule is CCCOc1c(OC)cc(C(=O)CC)cc1[N+](=O)[O-]. The lowest BCUT2D eigenvalue weighted by molar-refractivity contribution is -0.386. The molecule has 0 aliphatic rings. The van der Waals surface area contributed by atoms with Gasteiger partial charge >= 0.3 is 5.69 Å². The van der Waals surface area contributed by atoms with Crippen LogP contribution in [-0.4, -0.2) is 24.4 Å². The van der Waals surface area contributed by atoms with Crippen LogP contribution in [0.2, 0.25) is 0 Å². The van der Waals surface area contributed by atoms with Crippen molar-refractivity contribution < 1.29 is 19.2 Å². The molecule has 0 atom stereocenters. The first-order chi connectivity index (χ1) is 9.04. The third-order valence-corrected chi connectivity index (χ3v) is 2.55. The van der Waals surface area contributed by atoms with E-state index in [1.807, 2.05) is 6.92 Å². The number of benzene rings is 1. The van der Waals surface area contributed by atoms with E-state index in [2.05, 4.69) is 0 Å². The molecule has 1 rings (SSSR count). The first-order valence-electron chi connectivity index (χ1n) is 6.07. The van der Waals surface area contributed by atoms with E-state index in [1.165, 1.54) is 19.2 Å². The summed E-state index contributed by atoms with van der Waals surface area (Å²) in [4.78, 5) is 22.2. The Hall–Kier alpha value is -2.11. The van der Waals surface area contributed by atoms with E-state index in [1.54, 1.807) is 6.92 Å². The van der Waals surface area contributed by atoms with Crippen molar-refractivity contribution in [3.63, 3.8) is 0 Å². The summed E-state index contributed by atoms with van der Waals surface area (Å²) in [6, 6.07) is 2.71. The molecule has 19 heavy (non-hydrogen) atoms. The molecule has 1 aromatic rings. The molecule has 0 unspecified atom stereocenters. The number of rotatable bonds is 7. The number of hydrogen-bond acceptors (Lipinski definition) is 5. The van der Waals surface area contributed by atoms with Gasteiger partial charge in [0.1, 0.15) is 0 Å². The van der Waals surface area contributed by atoms with Crippen LogP contribution in [0.25, 0.3) is 0 Å². The Labute approximate surface area is 111 Å². The maximum atomic E-state index is 11.7. The van der Waals surface area contributed by atoms with Gasteiger partial charge in [0.2, 0.25) is 5.75 Å². The van der Waals surface area contributed by atoms with Crippen LogP contribution < -0.4 is 9.47 Å². The average Bonchev–Trinajstić information content (AvgIpc) is 2.42. The van der Waals surface area contributed by atoms with Gasteiger partial charge in [-0.15, -0.1) is 0 Å². The zero-order valence-electron chi connectivity index (χ0n) is 11.3. The third kappa shape index (κ3) is 3.43. The third-order valence-electron chi connectivity index (χ3n) is 2.55. The number of carbonyl (C=O) groups is 1. The molecular weight excluding hydrogens is 250 g/mol. The fourth-order valence-electron chi connectivity index (χ4n) is 1.59. The van der Waals surface area contributed by atoms with Gasteiger partial charge in [-0.1, -0.05) is 13.8 Å². The summed E-state index contributed by atoms with van der Waals surface area (Å²) in [5.74, 6) is 0.102. The lowest BCUT2D eigenvalue weighted by Crippen LogP contribution is -2.05. The van der Waals surface area contributed by atoms with Gasteiger partial charge in [0, 0.05) is 18.1 Å². The molecule has 0 fully saturated rings. The monoisotopic (exact) mass is 267 g/mol. The molecular formula is C13H17NO5. The van der Waals surface area contributed by atoms with Crippen LogP contribution in [0.1, 0.15) is 37.0 Å². The summed E-state index contributed by atoms with van der Waals surface area (Å²) in [6.45, 7) is 3.94. The van der Waals surface area contributed by atoms with Crippen molar-refractivity contribution in [2.24, 2.45) is 0 Å². The number of nitro groups is 1. The van der Waals surface area contributed by atoms with E-state index < -0.39 is 4.92 Å². The summed E-state index contributed by atoms with van der Waals surface area (Å²) < 4.78 is 10.4. The molecule has 6 nitrogen and oxygen atoms in total. The number of nitro benzene ring substituents is 1. The second-order valence-electron chi connectivity index (χ2n) is 3.91. The van der Waals surface area contributed by atoms with Gasteiger partial charge < -0.3 is 9.47 Å². The molecule has 0 aliphatic heterocycles. The lowest BCUT2D eigenvalue weighted by atomic mass is 10.1. The van der Waals surface area contributed by atoms with Crippen molar-refractivity contribution in [3.8, 4) is 11.5 Å². The Morgan fingerprint density at radius 3 is 2.53 bits per heavy atom. The maximum absolute atomic E-state index is 11.7. The molecule has 0 heterocycles. The highest BCUT2D eigenvalue weighted by molar-refractivity contribution is 5.97. The Morgan fingerprint density at radius 1 is 1.37 bits per heavy atom. The van der Waals surface area contributed by atoms with Gasteiger partial charge in [0.05, 0.1) is 18.6 Å². The largest absolute Gasteiger partial charge is 0.493 e. The minimum atomic E-state index is -0.569. The van der Waals surface area contributed by atoms with E-state index in [4.69, 9.17) is 9.47 Å². The van der Waals surface area contributed by atoms with Crippen LogP contribution in [0.3, 0.4) is 0 Å². The number of hydrogen-bond donors (Lipinski definition) is 0. The van der Waals surface area contributed by atoms with E-state index in [-0.39, 0.29) is 35.0 Å². The van der Waals surface area contributed by atoms with Crippen LogP contribution in [-0.2, 0) is 0 Å². The average molecular weight is 267 g/mol. The van der Waals surface area contributed by atoms with Crippen molar-refractivity contribution in [2.45, 2.75) is 26.7 Å². The summed E-state index contributed by atoms with van der Waals surface area (Å²) in [6.07, 6.45) is 0.991. The summed E-state index contributed by atoms with van der Waals surface area (Å²) in [5.41, 5.74) is 0.0134. The summed E-state index contributed by atoms with van der Waals surface area (Å²) in [5, 5.41) is 11.1. The zero-order valence-corrected chi connectivity index (χ0v) is 11.3. The van der Waals surface area contributed by atoms with E-state index in [9.17, 15) is 14.9 Å². The highest BCUT2D eigenvalue weighted by Crippen LogP contribution is 2.38. The highest BCUT2D eigenvalue weighted by atomic mass is 16.6. The number of carbonyl (C=O) groups excluding carboxylic acids is 1. The molecule has 0 saturated heterocycles. The molecule has 0 aromatic heterocycles. The zero-order chi connectivity index (χ0) is 14.4. The minimum absolute atomic E-state index is 0.0713. The first kappa shape index (κ1) is 14.9. The Kier molecular flexibility index (Phi) is 5.29. The predicted octanol–water partition coefficient (Wildman–Crippen LogP) is 2.98. The van der Waals surface area contributed by atoms with Gasteiger partial charge in [0.15, 0.2) is 11.5 Å². The molecule has 6 heteroatoms. The van der Waals surface area contributed by atoms with Crippen molar-refractivity contribution in [3.05, 3.63) is 27.8 Å². The Bertz CT molecular complexity index is 484. The van der Waals surface area contributed by atoms with Crippen LogP contribution in [0.5, 0.6) is 11.5 Å². The molecule has 0 aliphatic carbocycles. The first-order valence-corrected chi connectivity index (χ1v) is 6.07. The van der Waals surface area contributed by atoms with Gasteiger partial charge in [-0.25, -0.2) is 0 Å². The number of Topliss-reactive ketones (excluding diaryl/α,β-unsaturated/α-hetero) is 1. The second-order valence-corrected chi connectivity index (χ2v) is 3.91. The molecule has 0 N–H and O–H groups in total. The predicted molar refractivity (Wildman–Crippen MR) is 70.1 cm³/mol. The summed E-state index contributed by atoms with van der Waals surface area (Å²) >= 11 is 0. The molecule has 0 spiro atoms. The quantitative estimate of drug-likeness (QED) is 0.431. The molecule has 0 saturated carbocycles. The molecule has 1 aromatic carbocycles. The van der Waals surface area contributed by atoms with Crippen LogP contribution >= 0.6 is 0 Å². The number of nitrogens with zero attached hydrogens (tertiary/aromatic N) is 1. The van der Waals surface area contributed by atoms with E-state index in [0.717, 1.165) is 6.42 Å². The van der Waals surface area contributed by atoms with Crippen LogP contribution in [0.4, 0.5) is 5.69 Å². The van der Waals surface area contributed by atoms with Crippen molar-refractivity contribution in [1.29, 1.82) is 0 Å². The maximum Gasteiger partial charge on any atom is 0.315 e. The Balaban J connectivity index is 3.35. The molecule has 0 bridgehead atoms. The van der Waals surface area contributed by atoms with Crippen molar-refractivity contribution in [1.82, 2.24) is 0 Å². The van der Waals surface area contributed by atoms with Crippen LogP contribution in [0.15, 0.2) is 12.1 Å². The standard InChI is InChI=1S/C13H17NO5/c1-4-6-19-13-10(14(16)17)7-9(11(15)5-2)8-12(13)18-3/h7-8H,4-6H2,1-3H3. The van der Waals surface area contributed by atoms with Crippen LogP contribution in [0, 0.1) is 10.1 Å². The highest BCUT2D eigenvalue weighted by Gasteiger charge is 2.23.